The third kappa shape index (κ3) is 2.94. The second kappa shape index (κ2) is 5.86. The van der Waals surface area contributed by atoms with Gasteiger partial charge in [-0.3, -0.25) is 9.59 Å². The monoisotopic (exact) mass is 266 g/mol. The molecule has 6 heteroatoms. The number of likely N-dealkylation sites (tertiary alicyclic amines) is 1. The molecule has 1 fully saturated rings. The molecule has 1 atom stereocenters. The van der Waals surface area contributed by atoms with Crippen molar-refractivity contribution < 1.29 is 18.8 Å². The van der Waals surface area contributed by atoms with E-state index in [2.05, 4.69) is 5.16 Å². The second-order valence-corrected chi connectivity index (χ2v) is 4.68. The molecule has 19 heavy (non-hydrogen) atoms. The summed E-state index contributed by atoms with van der Waals surface area (Å²) in [6, 6.07) is 0. The first-order valence-corrected chi connectivity index (χ1v) is 6.50. The predicted molar refractivity (Wildman–Crippen MR) is 66.5 cm³/mol. The number of amides is 1. The number of ether oxygens (including phenoxy) is 1. The summed E-state index contributed by atoms with van der Waals surface area (Å²) in [6.45, 7) is 4.94. The molecule has 0 spiro atoms. The van der Waals surface area contributed by atoms with Crippen molar-refractivity contribution >= 4 is 11.9 Å². The summed E-state index contributed by atoms with van der Waals surface area (Å²) in [4.78, 5) is 25.6. The summed E-state index contributed by atoms with van der Waals surface area (Å²) in [5, 5.41) is 3.61. The topological polar surface area (TPSA) is 72.6 Å². The van der Waals surface area contributed by atoms with E-state index in [0.29, 0.717) is 25.3 Å². The van der Waals surface area contributed by atoms with Gasteiger partial charge in [-0.25, -0.2) is 0 Å². The van der Waals surface area contributed by atoms with Gasteiger partial charge in [-0.15, -0.1) is 0 Å². The first kappa shape index (κ1) is 13.6. The lowest BCUT2D eigenvalue weighted by atomic mass is 9.98. The molecule has 0 aromatic carbocycles. The smallest absolute Gasteiger partial charge is 0.310 e. The Morgan fingerprint density at radius 1 is 1.58 bits per heavy atom. The Kier molecular flexibility index (Phi) is 4.19. The Morgan fingerprint density at radius 3 is 3.00 bits per heavy atom. The van der Waals surface area contributed by atoms with Crippen molar-refractivity contribution in [2.75, 3.05) is 19.7 Å². The fourth-order valence-electron chi connectivity index (χ4n) is 2.25. The van der Waals surface area contributed by atoms with Gasteiger partial charge in [0, 0.05) is 18.7 Å². The van der Waals surface area contributed by atoms with E-state index >= 15 is 0 Å². The molecule has 1 aromatic heterocycles. The van der Waals surface area contributed by atoms with Gasteiger partial charge in [-0.05, 0) is 26.7 Å². The molecule has 0 N–H and O–H groups in total. The number of carbonyl (C=O) groups excluding carboxylic acids is 2. The standard InChI is InChI=1S/C13H18N2O4/c1-3-18-13(17)10-5-4-6-15(8-10)12(16)11-9(2)7-14-19-11/h7,10H,3-6,8H2,1-2H3/t10-/m0/s1. The minimum absolute atomic E-state index is 0.205. The van der Waals surface area contributed by atoms with Crippen LogP contribution in [0.4, 0.5) is 0 Å². The maximum absolute atomic E-state index is 12.2. The number of aryl methyl sites for hydroxylation is 1. The number of carbonyl (C=O) groups is 2. The lowest BCUT2D eigenvalue weighted by molar-refractivity contribution is -0.149. The van der Waals surface area contributed by atoms with Crippen LogP contribution in [0.1, 0.15) is 35.9 Å². The first-order chi connectivity index (χ1) is 9.13. The molecule has 1 amide bonds. The maximum atomic E-state index is 12.2. The molecule has 1 aromatic rings. The summed E-state index contributed by atoms with van der Waals surface area (Å²) in [5.74, 6) is -0.413. The molecule has 1 saturated heterocycles. The van der Waals surface area contributed by atoms with E-state index < -0.39 is 0 Å². The molecule has 2 heterocycles. The van der Waals surface area contributed by atoms with E-state index in [4.69, 9.17) is 9.26 Å². The van der Waals surface area contributed by atoms with E-state index in [-0.39, 0.29) is 23.6 Å². The van der Waals surface area contributed by atoms with Crippen molar-refractivity contribution in [1.29, 1.82) is 0 Å². The highest BCUT2D eigenvalue weighted by atomic mass is 16.5. The summed E-state index contributed by atoms with van der Waals surface area (Å²) in [6.07, 6.45) is 3.07. The fraction of sp³-hybridized carbons (Fsp3) is 0.615. The van der Waals surface area contributed by atoms with Crippen molar-refractivity contribution in [3.05, 3.63) is 17.5 Å². The second-order valence-electron chi connectivity index (χ2n) is 4.68. The molecule has 104 valence electrons. The fourth-order valence-corrected chi connectivity index (χ4v) is 2.25. The van der Waals surface area contributed by atoms with Crippen molar-refractivity contribution in [2.24, 2.45) is 5.92 Å². The van der Waals surface area contributed by atoms with Gasteiger partial charge < -0.3 is 14.2 Å². The highest BCUT2D eigenvalue weighted by Gasteiger charge is 2.31. The van der Waals surface area contributed by atoms with Crippen LogP contribution in [-0.2, 0) is 9.53 Å². The minimum Gasteiger partial charge on any atom is -0.466 e. The van der Waals surface area contributed by atoms with Crippen molar-refractivity contribution in [1.82, 2.24) is 10.1 Å². The zero-order chi connectivity index (χ0) is 13.8. The average molecular weight is 266 g/mol. The van der Waals surface area contributed by atoms with E-state index in [1.807, 2.05) is 0 Å². The Balaban J connectivity index is 2.03. The molecule has 6 nitrogen and oxygen atoms in total. The average Bonchev–Trinajstić information content (AvgIpc) is 2.84. The molecule has 1 aliphatic rings. The molecule has 2 rings (SSSR count). The SMILES string of the molecule is CCOC(=O)[C@H]1CCCN(C(=O)c2oncc2C)C1. The molecule has 0 bridgehead atoms. The van der Waals surface area contributed by atoms with Crippen LogP contribution in [0.15, 0.2) is 10.7 Å². The van der Waals surface area contributed by atoms with E-state index in [9.17, 15) is 9.59 Å². The Hall–Kier alpha value is -1.85. The molecular formula is C13H18N2O4. The van der Waals surface area contributed by atoms with Crippen LogP contribution in [0.5, 0.6) is 0 Å². The zero-order valence-corrected chi connectivity index (χ0v) is 11.2. The highest BCUT2D eigenvalue weighted by molar-refractivity contribution is 5.93. The predicted octanol–water partition coefficient (Wildman–Crippen LogP) is 1.40. The normalized spacial score (nSPS) is 19.3. The van der Waals surface area contributed by atoms with Crippen LogP contribution in [0, 0.1) is 12.8 Å². The van der Waals surface area contributed by atoms with Gasteiger partial charge in [-0.2, -0.15) is 0 Å². The van der Waals surface area contributed by atoms with Crippen molar-refractivity contribution in [3.8, 4) is 0 Å². The van der Waals surface area contributed by atoms with Gasteiger partial charge in [0.05, 0.1) is 18.7 Å². The Labute approximate surface area is 111 Å². The molecule has 0 unspecified atom stereocenters. The van der Waals surface area contributed by atoms with Crippen LogP contribution in [0.2, 0.25) is 0 Å². The van der Waals surface area contributed by atoms with Crippen LogP contribution in [-0.4, -0.2) is 41.6 Å². The summed E-state index contributed by atoms with van der Waals surface area (Å²) in [5.41, 5.74) is 0.711. The molecule has 0 aliphatic carbocycles. The summed E-state index contributed by atoms with van der Waals surface area (Å²) < 4.78 is 9.98. The number of piperidine rings is 1. The van der Waals surface area contributed by atoms with Gasteiger partial charge in [0.25, 0.3) is 5.91 Å². The zero-order valence-electron chi connectivity index (χ0n) is 11.2. The van der Waals surface area contributed by atoms with Crippen molar-refractivity contribution in [3.63, 3.8) is 0 Å². The number of nitrogens with zero attached hydrogens (tertiary/aromatic N) is 2. The third-order valence-corrected chi connectivity index (χ3v) is 3.27. The largest absolute Gasteiger partial charge is 0.466 e. The van der Waals surface area contributed by atoms with Gasteiger partial charge in [0.1, 0.15) is 0 Å². The number of hydrogen-bond donors (Lipinski definition) is 0. The third-order valence-electron chi connectivity index (χ3n) is 3.27. The van der Waals surface area contributed by atoms with Gasteiger partial charge in [-0.1, -0.05) is 5.16 Å². The minimum atomic E-state index is -0.235. The molecule has 1 aliphatic heterocycles. The van der Waals surface area contributed by atoms with E-state index in [0.717, 1.165) is 12.8 Å². The highest BCUT2D eigenvalue weighted by Crippen LogP contribution is 2.20. The number of hydrogen-bond acceptors (Lipinski definition) is 5. The first-order valence-electron chi connectivity index (χ1n) is 6.50. The van der Waals surface area contributed by atoms with Gasteiger partial charge >= 0.3 is 5.97 Å². The number of aromatic nitrogens is 1. The Bertz CT molecular complexity index is 469. The summed E-state index contributed by atoms with van der Waals surface area (Å²) >= 11 is 0. The van der Waals surface area contributed by atoms with Gasteiger partial charge in [0.15, 0.2) is 0 Å². The molecule has 0 saturated carbocycles. The number of esters is 1. The van der Waals surface area contributed by atoms with Crippen LogP contribution >= 0.6 is 0 Å². The quantitative estimate of drug-likeness (QED) is 0.773. The molecule has 0 radical (unpaired) electrons. The van der Waals surface area contributed by atoms with E-state index in [1.165, 1.54) is 6.20 Å². The lowest BCUT2D eigenvalue weighted by Gasteiger charge is -2.30. The van der Waals surface area contributed by atoms with Crippen LogP contribution in [0.3, 0.4) is 0 Å². The molecular weight excluding hydrogens is 248 g/mol. The van der Waals surface area contributed by atoms with Gasteiger partial charge in [0.2, 0.25) is 5.76 Å². The lowest BCUT2D eigenvalue weighted by Crippen LogP contribution is -2.42. The number of rotatable bonds is 3. The Morgan fingerprint density at radius 2 is 2.37 bits per heavy atom. The van der Waals surface area contributed by atoms with Crippen LogP contribution < -0.4 is 0 Å². The maximum Gasteiger partial charge on any atom is 0.310 e. The summed E-state index contributed by atoms with van der Waals surface area (Å²) in [7, 11) is 0. The van der Waals surface area contributed by atoms with E-state index in [1.54, 1.807) is 18.7 Å². The van der Waals surface area contributed by atoms with Crippen molar-refractivity contribution in [2.45, 2.75) is 26.7 Å². The van der Waals surface area contributed by atoms with Crippen LogP contribution in [0.25, 0.3) is 0 Å².